The normalized spacial score (nSPS) is 18.8. The topological polar surface area (TPSA) is 165 Å². The first kappa shape index (κ1) is 40.8. The van der Waals surface area contributed by atoms with E-state index in [0.29, 0.717) is 70.5 Å². The number of imide groups is 2. The molecule has 10 rings (SSSR count). The Labute approximate surface area is 370 Å². The summed E-state index contributed by atoms with van der Waals surface area (Å²) in [6.07, 6.45) is 10.6. The number of amides is 6. The number of carbonyl (C=O) groups is 4. The fourth-order valence-electron chi connectivity index (χ4n) is 9.77. The molecule has 16 heteroatoms. The Balaban J connectivity index is 1.06. The van der Waals surface area contributed by atoms with Gasteiger partial charge < -0.3 is 0 Å². The van der Waals surface area contributed by atoms with E-state index in [1.165, 1.54) is 22.5 Å². The zero-order valence-corrected chi connectivity index (χ0v) is 35.6. The average molecular weight is 855 g/mol. The minimum atomic E-state index is -1.33. The quantitative estimate of drug-likeness (QED) is 0.148. The second-order valence-electron chi connectivity index (χ2n) is 16.9. The molecule has 0 aliphatic carbocycles. The molecule has 8 heterocycles. The number of carbonyl (C=O) groups excluding carboxylic acids is 4. The third-order valence-electron chi connectivity index (χ3n) is 13.3. The van der Waals surface area contributed by atoms with Crippen molar-refractivity contribution in [1.29, 1.82) is 0 Å². The first-order chi connectivity index (χ1) is 31.2. The van der Waals surface area contributed by atoms with Gasteiger partial charge in [0.1, 0.15) is 35.4 Å². The van der Waals surface area contributed by atoms with Gasteiger partial charge in [-0.3, -0.25) is 39.2 Å². The molecule has 16 nitrogen and oxygen atoms in total. The standard InChI is InChI=1S/C48H46N12O4/c1-33-8-6-20-51-37(33)29-55-24-16-47(17-25-55)43(61)57(45(63)59(47)41-14-22-49-31-53-41)39-13-12-36(35-10-4-3-5-11-35)28-40(39)58-44(62)48(60(46(58)64)42-15-23-50-32-54-42)18-26-56(27-19-48)30-38-34(2)9-7-21-52-38/h3-15,20-23,28,31-32H,16-19,24-27,29-30H2,1-2H3. The maximum Gasteiger partial charge on any atom is 0.338 e. The van der Waals surface area contributed by atoms with Gasteiger partial charge in [-0.05, 0) is 98.2 Å². The van der Waals surface area contributed by atoms with Gasteiger partial charge in [0.25, 0.3) is 11.8 Å². The van der Waals surface area contributed by atoms with Gasteiger partial charge in [-0.1, -0.05) is 48.5 Å². The number of piperidine rings is 2. The molecule has 0 radical (unpaired) electrons. The van der Waals surface area contributed by atoms with Gasteiger partial charge in [0.15, 0.2) is 0 Å². The minimum Gasteiger partial charge on any atom is -0.297 e. The van der Waals surface area contributed by atoms with Crippen LogP contribution >= 0.6 is 0 Å². The van der Waals surface area contributed by atoms with E-state index in [2.05, 4.69) is 39.7 Å². The number of urea groups is 2. The highest BCUT2D eigenvalue weighted by atomic mass is 16.2. The molecule has 0 unspecified atom stereocenters. The van der Waals surface area contributed by atoms with Gasteiger partial charge in [0.2, 0.25) is 0 Å². The van der Waals surface area contributed by atoms with Crippen LogP contribution in [0.1, 0.15) is 48.2 Å². The summed E-state index contributed by atoms with van der Waals surface area (Å²) in [6.45, 7) is 7.24. The van der Waals surface area contributed by atoms with E-state index in [0.717, 1.165) is 37.9 Å². The highest BCUT2D eigenvalue weighted by molar-refractivity contribution is 6.35. The van der Waals surface area contributed by atoms with Gasteiger partial charge in [-0.25, -0.2) is 39.3 Å². The second-order valence-corrected chi connectivity index (χ2v) is 16.9. The SMILES string of the molecule is Cc1cccnc1CN1CCC2(CC1)C(=O)N(c1ccc(-c3ccccc3)cc1N1C(=O)N(c3ccncn3)C3(CCN(Cc4ncccc4C)CC3)C1=O)C(=O)N2c1ccncn1. The van der Waals surface area contributed by atoms with Gasteiger partial charge >= 0.3 is 12.1 Å². The van der Waals surface area contributed by atoms with Gasteiger partial charge in [-0.15, -0.1) is 0 Å². The minimum absolute atomic E-state index is 0.113. The van der Waals surface area contributed by atoms with E-state index in [1.807, 2.05) is 74.5 Å². The summed E-state index contributed by atoms with van der Waals surface area (Å²) in [4.78, 5) is 97.6. The molecule has 4 aliphatic rings. The molecule has 6 aromatic rings. The fraction of sp³-hybridized carbons (Fsp3) is 0.292. The molecule has 2 aromatic carbocycles. The molecule has 0 bridgehead atoms. The van der Waals surface area contributed by atoms with E-state index >= 15 is 19.2 Å². The zero-order chi connectivity index (χ0) is 44.0. The van der Waals surface area contributed by atoms with Crippen molar-refractivity contribution in [1.82, 2.24) is 39.7 Å². The monoisotopic (exact) mass is 854 g/mol. The van der Waals surface area contributed by atoms with Crippen LogP contribution in [-0.4, -0.2) is 101 Å². The summed E-state index contributed by atoms with van der Waals surface area (Å²) >= 11 is 0. The van der Waals surface area contributed by atoms with Crippen molar-refractivity contribution in [2.24, 2.45) is 0 Å². The number of aromatic nitrogens is 6. The molecular weight excluding hydrogens is 809 g/mol. The molecule has 64 heavy (non-hydrogen) atoms. The summed E-state index contributed by atoms with van der Waals surface area (Å²) < 4.78 is 0. The van der Waals surface area contributed by atoms with Crippen LogP contribution in [0.15, 0.2) is 122 Å². The van der Waals surface area contributed by atoms with Crippen LogP contribution in [0.2, 0.25) is 0 Å². The smallest absolute Gasteiger partial charge is 0.297 e. The first-order valence-corrected chi connectivity index (χ1v) is 21.5. The Morgan fingerprint density at radius 1 is 0.500 bits per heavy atom. The summed E-state index contributed by atoms with van der Waals surface area (Å²) in [7, 11) is 0. The molecule has 4 aromatic heterocycles. The lowest BCUT2D eigenvalue weighted by Crippen LogP contribution is -2.57. The number of hydrogen-bond acceptors (Lipinski definition) is 12. The van der Waals surface area contributed by atoms with E-state index in [1.54, 1.807) is 49.1 Å². The number of likely N-dealkylation sites (tertiary alicyclic amines) is 2. The Morgan fingerprint density at radius 2 is 0.984 bits per heavy atom. The van der Waals surface area contributed by atoms with Crippen molar-refractivity contribution in [3.63, 3.8) is 0 Å². The Bertz CT molecular complexity index is 2740. The maximum absolute atomic E-state index is 15.5. The first-order valence-electron chi connectivity index (χ1n) is 21.5. The summed E-state index contributed by atoms with van der Waals surface area (Å²) in [5.41, 5.74) is 3.15. The van der Waals surface area contributed by atoms with E-state index in [-0.39, 0.29) is 23.0 Å². The number of nitrogens with zero attached hydrogens (tertiary/aromatic N) is 12. The average Bonchev–Trinajstić information content (AvgIpc) is 3.66. The van der Waals surface area contributed by atoms with Crippen LogP contribution in [0.3, 0.4) is 0 Å². The second kappa shape index (κ2) is 16.4. The predicted molar refractivity (Wildman–Crippen MR) is 239 cm³/mol. The molecule has 0 atom stereocenters. The fourth-order valence-corrected chi connectivity index (χ4v) is 9.77. The predicted octanol–water partition coefficient (Wildman–Crippen LogP) is 6.36. The summed E-state index contributed by atoms with van der Waals surface area (Å²) in [5, 5.41) is 0. The molecule has 2 spiro atoms. The Morgan fingerprint density at radius 3 is 1.44 bits per heavy atom. The molecule has 0 N–H and O–H groups in total. The van der Waals surface area contributed by atoms with Crippen LogP contribution in [0, 0.1) is 13.8 Å². The van der Waals surface area contributed by atoms with Gasteiger partial charge in [-0.2, -0.15) is 0 Å². The Kier molecular flexibility index (Phi) is 10.5. The summed E-state index contributed by atoms with van der Waals surface area (Å²) in [5.74, 6) is -0.364. The van der Waals surface area contributed by atoms with Gasteiger partial charge in [0, 0.05) is 64.1 Å². The van der Waals surface area contributed by atoms with Crippen molar-refractivity contribution in [2.45, 2.75) is 63.7 Å². The molecule has 322 valence electrons. The molecule has 0 saturated carbocycles. The van der Waals surface area contributed by atoms with Crippen molar-refractivity contribution < 1.29 is 19.2 Å². The lowest BCUT2D eigenvalue weighted by Gasteiger charge is -2.41. The van der Waals surface area contributed by atoms with Crippen LogP contribution < -0.4 is 19.6 Å². The van der Waals surface area contributed by atoms with Crippen molar-refractivity contribution >= 4 is 46.9 Å². The summed E-state index contributed by atoms with van der Waals surface area (Å²) in [6, 6.07) is 24.6. The van der Waals surface area contributed by atoms with Gasteiger partial charge in [0.05, 0.1) is 22.8 Å². The lowest BCUT2D eigenvalue weighted by atomic mass is 9.85. The van der Waals surface area contributed by atoms with Crippen molar-refractivity contribution in [3.8, 4) is 11.1 Å². The number of anilines is 4. The van der Waals surface area contributed by atoms with E-state index in [4.69, 9.17) is 0 Å². The van der Waals surface area contributed by atoms with Crippen LogP contribution in [-0.2, 0) is 22.7 Å². The number of aryl methyl sites for hydroxylation is 2. The highest BCUT2D eigenvalue weighted by Crippen LogP contribution is 2.49. The van der Waals surface area contributed by atoms with E-state index < -0.39 is 35.0 Å². The third kappa shape index (κ3) is 6.85. The lowest BCUT2D eigenvalue weighted by molar-refractivity contribution is -0.124. The number of benzene rings is 2. The molecular formula is C48H46N12O4. The molecule has 4 aliphatic heterocycles. The molecule has 4 saturated heterocycles. The molecule has 6 amide bonds. The van der Waals surface area contributed by atoms with E-state index in [9.17, 15) is 0 Å². The maximum atomic E-state index is 15.5. The molecule has 4 fully saturated rings. The zero-order valence-electron chi connectivity index (χ0n) is 35.6. The number of hydrogen-bond donors (Lipinski definition) is 0. The van der Waals surface area contributed by atoms with Crippen molar-refractivity contribution in [2.75, 3.05) is 45.8 Å². The van der Waals surface area contributed by atoms with Crippen LogP contribution in [0.25, 0.3) is 11.1 Å². The third-order valence-corrected chi connectivity index (χ3v) is 13.3. The number of pyridine rings is 2. The van der Waals surface area contributed by atoms with Crippen LogP contribution in [0.4, 0.5) is 32.6 Å². The number of rotatable bonds is 9. The van der Waals surface area contributed by atoms with Crippen LogP contribution in [0.5, 0.6) is 0 Å². The largest absolute Gasteiger partial charge is 0.338 e. The Hall–Kier alpha value is -7.30. The van der Waals surface area contributed by atoms with Crippen molar-refractivity contribution in [3.05, 3.63) is 145 Å². The highest BCUT2D eigenvalue weighted by Gasteiger charge is 2.63.